The van der Waals surface area contributed by atoms with E-state index in [4.69, 9.17) is 4.74 Å². The molecule has 1 aliphatic rings. The normalized spacial score (nSPS) is 15.7. The molecule has 0 spiro atoms. The number of fused-ring (bicyclic) bond motifs is 1. The molecule has 1 aliphatic carbocycles. The van der Waals surface area contributed by atoms with Crippen LogP contribution in [0.2, 0.25) is 0 Å². The molecule has 0 bridgehead atoms. The summed E-state index contributed by atoms with van der Waals surface area (Å²) in [6.45, 7) is 0.538. The lowest BCUT2D eigenvalue weighted by molar-refractivity contribution is -0.133. The van der Waals surface area contributed by atoms with E-state index in [1.54, 1.807) is 0 Å². The van der Waals surface area contributed by atoms with E-state index in [1.807, 2.05) is 12.1 Å². The lowest BCUT2D eigenvalue weighted by Crippen LogP contribution is -2.10. The minimum absolute atomic E-state index is 0.0694. The van der Waals surface area contributed by atoms with Crippen molar-refractivity contribution in [1.29, 1.82) is 0 Å². The lowest BCUT2D eigenvalue weighted by atomic mass is 10.1. The highest BCUT2D eigenvalue weighted by Gasteiger charge is 2.21. The van der Waals surface area contributed by atoms with E-state index < -0.39 is 0 Å². The first-order chi connectivity index (χ1) is 5.90. The highest BCUT2D eigenvalue weighted by atomic mass is 16.5. The van der Waals surface area contributed by atoms with Gasteiger partial charge in [0.1, 0.15) is 6.10 Å². The Labute approximate surface area is 71.2 Å². The lowest BCUT2D eigenvalue weighted by Gasteiger charge is -2.04. The van der Waals surface area contributed by atoms with E-state index in [9.17, 15) is 4.79 Å². The van der Waals surface area contributed by atoms with Gasteiger partial charge in [0, 0.05) is 12.8 Å². The largest absolute Gasteiger partial charge is 0.464 e. The van der Waals surface area contributed by atoms with Crippen LogP contribution in [0.4, 0.5) is 0 Å². The second-order valence-electron chi connectivity index (χ2n) is 3.03. The second kappa shape index (κ2) is 2.97. The maximum atomic E-state index is 10.1. The summed E-state index contributed by atoms with van der Waals surface area (Å²) in [6.07, 6.45) is 1.81. The molecule has 2 nitrogen and oxygen atoms in total. The Balaban J connectivity index is 2.16. The summed E-state index contributed by atoms with van der Waals surface area (Å²) in [7, 11) is 0. The van der Waals surface area contributed by atoms with Gasteiger partial charge in [-0.15, -0.1) is 0 Å². The van der Waals surface area contributed by atoms with Crippen molar-refractivity contribution in [3.05, 3.63) is 35.4 Å². The zero-order valence-electron chi connectivity index (χ0n) is 6.69. The molecule has 2 rings (SSSR count). The van der Waals surface area contributed by atoms with Gasteiger partial charge in [-0.3, -0.25) is 4.79 Å². The third kappa shape index (κ3) is 1.20. The van der Waals surface area contributed by atoms with E-state index in [1.165, 1.54) is 11.1 Å². The number of hydrogen-bond donors (Lipinski definition) is 0. The van der Waals surface area contributed by atoms with Crippen LogP contribution in [0.3, 0.4) is 0 Å². The van der Waals surface area contributed by atoms with E-state index in [2.05, 4.69) is 12.1 Å². The van der Waals surface area contributed by atoms with Crippen LogP contribution in [-0.2, 0) is 22.4 Å². The molecule has 0 aliphatic heterocycles. The monoisotopic (exact) mass is 162 g/mol. The summed E-state index contributed by atoms with van der Waals surface area (Å²) in [5, 5.41) is 0. The molecule has 0 N–H and O–H groups in total. The molecule has 62 valence electrons. The third-order valence-electron chi connectivity index (χ3n) is 2.26. The van der Waals surface area contributed by atoms with Gasteiger partial charge in [-0.05, 0) is 11.1 Å². The van der Waals surface area contributed by atoms with Crippen LogP contribution in [0.25, 0.3) is 0 Å². The van der Waals surface area contributed by atoms with Gasteiger partial charge in [0.2, 0.25) is 0 Å². The number of hydrogen-bond acceptors (Lipinski definition) is 2. The van der Waals surface area contributed by atoms with Gasteiger partial charge in [-0.25, -0.2) is 0 Å². The van der Waals surface area contributed by atoms with E-state index in [-0.39, 0.29) is 6.10 Å². The van der Waals surface area contributed by atoms with Gasteiger partial charge < -0.3 is 4.74 Å². The van der Waals surface area contributed by atoms with Crippen LogP contribution >= 0.6 is 0 Å². The zero-order chi connectivity index (χ0) is 8.39. The smallest absolute Gasteiger partial charge is 0.293 e. The molecule has 2 heteroatoms. The molecule has 0 amide bonds. The molecule has 12 heavy (non-hydrogen) atoms. The first kappa shape index (κ1) is 7.35. The number of rotatable bonds is 2. The molecular formula is C10H10O2. The molecular weight excluding hydrogens is 152 g/mol. The van der Waals surface area contributed by atoms with Gasteiger partial charge >= 0.3 is 0 Å². The third-order valence-corrected chi connectivity index (χ3v) is 2.26. The number of carbonyl (C=O) groups is 1. The van der Waals surface area contributed by atoms with Crippen LogP contribution in [0.1, 0.15) is 11.1 Å². The Bertz CT molecular complexity index is 269. The van der Waals surface area contributed by atoms with Crippen LogP contribution < -0.4 is 0 Å². The molecule has 0 fully saturated rings. The van der Waals surface area contributed by atoms with E-state index in [0.717, 1.165) is 12.8 Å². The Morgan fingerprint density at radius 1 is 1.25 bits per heavy atom. The molecule has 1 aromatic carbocycles. The highest BCUT2D eigenvalue weighted by molar-refractivity contribution is 5.40. The Hall–Kier alpha value is -1.31. The first-order valence-electron chi connectivity index (χ1n) is 4.06. The van der Waals surface area contributed by atoms with Crippen molar-refractivity contribution in [3.63, 3.8) is 0 Å². The molecule has 0 radical (unpaired) electrons. The number of ether oxygens (including phenoxy) is 1. The van der Waals surface area contributed by atoms with E-state index >= 15 is 0 Å². The van der Waals surface area contributed by atoms with Crippen LogP contribution in [0.5, 0.6) is 0 Å². The fourth-order valence-electron chi connectivity index (χ4n) is 1.69. The molecule has 0 saturated heterocycles. The quantitative estimate of drug-likeness (QED) is 0.613. The summed E-state index contributed by atoms with van der Waals surface area (Å²) in [6, 6.07) is 8.21. The van der Waals surface area contributed by atoms with Gasteiger partial charge in [0.25, 0.3) is 6.47 Å². The fraction of sp³-hybridized carbons (Fsp3) is 0.300. The SMILES string of the molecule is O=COC1Cc2ccccc2C1. The predicted molar refractivity (Wildman–Crippen MR) is 44.8 cm³/mol. The Morgan fingerprint density at radius 3 is 2.33 bits per heavy atom. The summed E-state index contributed by atoms with van der Waals surface area (Å²) in [5.41, 5.74) is 2.62. The van der Waals surface area contributed by atoms with Crippen molar-refractivity contribution in [2.75, 3.05) is 0 Å². The van der Waals surface area contributed by atoms with Crippen molar-refractivity contribution in [2.24, 2.45) is 0 Å². The Morgan fingerprint density at radius 2 is 1.83 bits per heavy atom. The van der Waals surface area contributed by atoms with Crippen LogP contribution in [0.15, 0.2) is 24.3 Å². The van der Waals surface area contributed by atoms with Gasteiger partial charge in [0.15, 0.2) is 0 Å². The zero-order valence-corrected chi connectivity index (χ0v) is 6.69. The Kier molecular flexibility index (Phi) is 1.82. The van der Waals surface area contributed by atoms with Crippen molar-refractivity contribution in [3.8, 4) is 0 Å². The summed E-state index contributed by atoms with van der Waals surface area (Å²) in [4.78, 5) is 10.1. The van der Waals surface area contributed by atoms with Gasteiger partial charge in [-0.2, -0.15) is 0 Å². The second-order valence-corrected chi connectivity index (χ2v) is 3.03. The van der Waals surface area contributed by atoms with Crippen molar-refractivity contribution in [1.82, 2.24) is 0 Å². The number of carbonyl (C=O) groups excluding carboxylic acids is 1. The molecule has 0 unspecified atom stereocenters. The summed E-state index contributed by atoms with van der Waals surface area (Å²) < 4.78 is 4.90. The summed E-state index contributed by atoms with van der Waals surface area (Å²) >= 11 is 0. The van der Waals surface area contributed by atoms with Crippen molar-refractivity contribution in [2.45, 2.75) is 18.9 Å². The minimum Gasteiger partial charge on any atom is -0.464 e. The van der Waals surface area contributed by atoms with Gasteiger partial charge in [0.05, 0.1) is 0 Å². The van der Waals surface area contributed by atoms with Gasteiger partial charge in [-0.1, -0.05) is 24.3 Å². The van der Waals surface area contributed by atoms with Crippen molar-refractivity contribution < 1.29 is 9.53 Å². The number of benzene rings is 1. The maximum Gasteiger partial charge on any atom is 0.293 e. The average molecular weight is 162 g/mol. The predicted octanol–water partition coefficient (Wildman–Crippen LogP) is 1.33. The van der Waals surface area contributed by atoms with Crippen LogP contribution in [-0.4, -0.2) is 12.6 Å². The first-order valence-corrected chi connectivity index (χ1v) is 4.06. The molecule has 1 aromatic rings. The maximum absolute atomic E-state index is 10.1. The van der Waals surface area contributed by atoms with Crippen molar-refractivity contribution >= 4 is 6.47 Å². The molecule has 0 atom stereocenters. The fourth-order valence-corrected chi connectivity index (χ4v) is 1.69. The highest BCUT2D eigenvalue weighted by Crippen LogP contribution is 2.22. The topological polar surface area (TPSA) is 26.3 Å². The molecule has 0 saturated carbocycles. The van der Waals surface area contributed by atoms with Crippen LogP contribution in [0, 0.1) is 0 Å². The standard InChI is InChI=1S/C10H10O2/c11-7-12-10-5-8-3-1-2-4-9(8)6-10/h1-4,7,10H,5-6H2. The average Bonchev–Trinajstić information content (AvgIpc) is 2.47. The summed E-state index contributed by atoms with van der Waals surface area (Å²) in [5.74, 6) is 0. The van der Waals surface area contributed by atoms with E-state index in [0.29, 0.717) is 6.47 Å². The molecule has 0 aromatic heterocycles. The minimum atomic E-state index is 0.0694. The molecule has 0 heterocycles.